The number of nitrogens with zero attached hydrogens (tertiary/aromatic N) is 4. The molecule has 0 radical (unpaired) electrons. The molecule has 2 amide bonds. The zero-order valence-electron chi connectivity index (χ0n) is 18.3. The standard InChI is InChI=1S/C19H28N4O6/c1-17(2,3)27-14(24)22-11-12(20-10)13(21-22)23(15(25)28-18(4,5)6)16(26)29-19(7,8)9/h11H,1-9H3. The Labute approximate surface area is 170 Å². The van der Waals surface area contributed by atoms with Gasteiger partial charge in [0.15, 0.2) is 5.82 Å². The van der Waals surface area contributed by atoms with Crippen LogP contribution in [0.3, 0.4) is 0 Å². The van der Waals surface area contributed by atoms with Crippen LogP contribution in [0, 0.1) is 6.57 Å². The molecule has 0 spiro atoms. The summed E-state index contributed by atoms with van der Waals surface area (Å²) in [5.74, 6) is -0.394. The van der Waals surface area contributed by atoms with Gasteiger partial charge >= 0.3 is 18.3 Å². The first-order chi connectivity index (χ1) is 12.9. The molecule has 0 bridgehead atoms. The number of hydrogen-bond acceptors (Lipinski definition) is 7. The van der Waals surface area contributed by atoms with Gasteiger partial charge in [0.25, 0.3) is 0 Å². The van der Waals surface area contributed by atoms with Crippen LogP contribution in [0.5, 0.6) is 0 Å². The van der Waals surface area contributed by atoms with Crippen LogP contribution in [0.2, 0.25) is 0 Å². The molecule has 0 atom stereocenters. The smallest absolute Gasteiger partial charge is 0.433 e. The van der Waals surface area contributed by atoms with Gasteiger partial charge in [0, 0.05) is 6.20 Å². The number of anilines is 1. The molecule has 0 N–H and O–H groups in total. The fourth-order valence-electron chi connectivity index (χ4n) is 1.86. The monoisotopic (exact) mass is 408 g/mol. The van der Waals surface area contributed by atoms with Crippen molar-refractivity contribution >= 4 is 29.8 Å². The van der Waals surface area contributed by atoms with Gasteiger partial charge in [-0.25, -0.2) is 19.2 Å². The summed E-state index contributed by atoms with van der Waals surface area (Å²) >= 11 is 0. The molecule has 0 aliphatic carbocycles. The highest BCUT2D eigenvalue weighted by Crippen LogP contribution is 2.30. The summed E-state index contributed by atoms with van der Waals surface area (Å²) in [6.45, 7) is 22.0. The van der Waals surface area contributed by atoms with E-state index in [1.54, 1.807) is 62.3 Å². The summed E-state index contributed by atoms with van der Waals surface area (Å²) in [7, 11) is 0. The Kier molecular flexibility index (Phi) is 6.70. The topological polar surface area (TPSA) is 104 Å². The van der Waals surface area contributed by atoms with Crippen LogP contribution in [0.4, 0.5) is 25.9 Å². The maximum atomic E-state index is 12.7. The second-order valence-corrected chi connectivity index (χ2v) is 9.17. The maximum absolute atomic E-state index is 12.7. The van der Waals surface area contributed by atoms with Gasteiger partial charge in [-0.3, -0.25) is 0 Å². The first-order valence-electron chi connectivity index (χ1n) is 8.90. The third-order valence-corrected chi connectivity index (χ3v) is 2.74. The number of carbonyl (C=O) groups excluding carboxylic acids is 3. The molecule has 0 aliphatic heterocycles. The Hall–Kier alpha value is -3.09. The summed E-state index contributed by atoms with van der Waals surface area (Å²) in [4.78, 5) is 41.4. The summed E-state index contributed by atoms with van der Waals surface area (Å²) in [6.07, 6.45) is -1.99. The van der Waals surface area contributed by atoms with Gasteiger partial charge < -0.3 is 14.2 Å². The molecule has 0 saturated carbocycles. The van der Waals surface area contributed by atoms with Crippen LogP contribution >= 0.6 is 0 Å². The molecule has 1 aromatic heterocycles. The van der Waals surface area contributed by atoms with Crippen molar-refractivity contribution in [3.8, 4) is 0 Å². The molecule has 0 aliphatic rings. The van der Waals surface area contributed by atoms with Crippen molar-refractivity contribution in [3.05, 3.63) is 17.6 Å². The molecule has 10 nitrogen and oxygen atoms in total. The van der Waals surface area contributed by atoms with Crippen molar-refractivity contribution in [3.63, 3.8) is 0 Å². The van der Waals surface area contributed by atoms with Crippen LogP contribution < -0.4 is 4.90 Å². The van der Waals surface area contributed by atoms with Crippen LogP contribution in [0.25, 0.3) is 4.85 Å². The molecule has 0 unspecified atom stereocenters. The Morgan fingerprint density at radius 1 is 0.897 bits per heavy atom. The van der Waals surface area contributed by atoms with Gasteiger partial charge in [-0.2, -0.15) is 14.7 Å². The molecule has 1 aromatic rings. The van der Waals surface area contributed by atoms with E-state index >= 15 is 0 Å². The van der Waals surface area contributed by atoms with E-state index in [-0.39, 0.29) is 5.69 Å². The van der Waals surface area contributed by atoms with Gasteiger partial charge in [-0.1, -0.05) is 0 Å². The van der Waals surface area contributed by atoms with Gasteiger partial charge in [0.05, 0.1) is 6.57 Å². The summed E-state index contributed by atoms with van der Waals surface area (Å²) in [5, 5.41) is 3.92. The van der Waals surface area contributed by atoms with E-state index in [4.69, 9.17) is 20.8 Å². The lowest BCUT2D eigenvalue weighted by atomic mass is 10.2. The number of imide groups is 1. The van der Waals surface area contributed by atoms with Crippen molar-refractivity contribution < 1.29 is 28.6 Å². The van der Waals surface area contributed by atoms with Gasteiger partial charge in [0.2, 0.25) is 5.69 Å². The number of hydrogen-bond donors (Lipinski definition) is 0. The highest BCUT2D eigenvalue weighted by Gasteiger charge is 2.36. The van der Waals surface area contributed by atoms with Crippen molar-refractivity contribution in [2.45, 2.75) is 79.1 Å². The second-order valence-electron chi connectivity index (χ2n) is 9.17. The van der Waals surface area contributed by atoms with Crippen LogP contribution in [0.1, 0.15) is 62.3 Å². The predicted octanol–water partition coefficient (Wildman–Crippen LogP) is 4.89. The SMILES string of the molecule is [C-]#[N+]c1cn(C(=O)OC(C)(C)C)nc1N(C(=O)OC(C)(C)C)C(=O)OC(C)(C)C. The summed E-state index contributed by atoms with van der Waals surface area (Å²) in [5.41, 5.74) is -2.89. The highest BCUT2D eigenvalue weighted by atomic mass is 16.6. The van der Waals surface area contributed by atoms with Gasteiger partial charge in [-0.15, -0.1) is 0 Å². The minimum atomic E-state index is -1.09. The largest absolute Gasteiger partial charge is 0.443 e. The van der Waals surface area contributed by atoms with E-state index in [1.165, 1.54) is 0 Å². The third-order valence-electron chi connectivity index (χ3n) is 2.74. The van der Waals surface area contributed by atoms with E-state index in [0.29, 0.717) is 4.90 Å². The number of rotatable bonds is 1. The molecule has 1 rings (SSSR count). The van der Waals surface area contributed by atoms with Crippen LogP contribution in [-0.2, 0) is 14.2 Å². The van der Waals surface area contributed by atoms with Crippen molar-refractivity contribution in [1.82, 2.24) is 9.78 Å². The molecule has 0 saturated heterocycles. The first-order valence-corrected chi connectivity index (χ1v) is 8.90. The van der Waals surface area contributed by atoms with Crippen LogP contribution in [-0.4, -0.2) is 44.9 Å². The average molecular weight is 408 g/mol. The number of ether oxygens (including phenoxy) is 3. The minimum Gasteiger partial charge on any atom is -0.443 e. The molecule has 29 heavy (non-hydrogen) atoms. The average Bonchev–Trinajstić information content (AvgIpc) is 2.85. The third kappa shape index (κ3) is 7.44. The molecule has 1 heterocycles. The lowest BCUT2D eigenvalue weighted by Gasteiger charge is -2.27. The normalized spacial score (nSPS) is 12.0. The van der Waals surface area contributed by atoms with Crippen molar-refractivity contribution in [2.24, 2.45) is 0 Å². The Balaban J connectivity index is 3.44. The fraction of sp³-hybridized carbons (Fsp3) is 0.632. The quantitative estimate of drug-likeness (QED) is 0.481. The molecular weight excluding hydrogens is 380 g/mol. The lowest BCUT2D eigenvalue weighted by Crippen LogP contribution is -2.44. The number of amides is 2. The fourth-order valence-corrected chi connectivity index (χ4v) is 1.86. The van der Waals surface area contributed by atoms with E-state index < -0.39 is 40.9 Å². The molecule has 160 valence electrons. The Bertz CT molecular complexity index is 803. The molecule has 10 heteroatoms. The van der Waals surface area contributed by atoms with Gasteiger partial charge in [0.1, 0.15) is 16.8 Å². The first kappa shape index (κ1) is 23.9. The zero-order chi connectivity index (χ0) is 22.8. The minimum absolute atomic E-state index is 0.229. The Morgan fingerprint density at radius 3 is 1.66 bits per heavy atom. The van der Waals surface area contributed by atoms with E-state index in [9.17, 15) is 14.4 Å². The van der Waals surface area contributed by atoms with Crippen molar-refractivity contribution in [1.29, 1.82) is 0 Å². The summed E-state index contributed by atoms with van der Waals surface area (Å²) < 4.78 is 16.5. The molecule has 0 aromatic carbocycles. The zero-order valence-corrected chi connectivity index (χ0v) is 18.3. The van der Waals surface area contributed by atoms with E-state index in [0.717, 1.165) is 10.9 Å². The summed E-state index contributed by atoms with van der Waals surface area (Å²) in [6, 6.07) is 0. The van der Waals surface area contributed by atoms with Crippen LogP contribution in [0.15, 0.2) is 6.20 Å². The van der Waals surface area contributed by atoms with E-state index in [1.807, 2.05) is 0 Å². The number of aromatic nitrogens is 2. The number of carbonyl (C=O) groups is 3. The van der Waals surface area contributed by atoms with Crippen molar-refractivity contribution in [2.75, 3.05) is 4.90 Å². The predicted molar refractivity (Wildman–Crippen MR) is 105 cm³/mol. The molecular formula is C19H28N4O6. The Morgan fingerprint density at radius 2 is 1.31 bits per heavy atom. The highest BCUT2D eigenvalue weighted by molar-refractivity contribution is 6.11. The van der Waals surface area contributed by atoms with Gasteiger partial charge in [-0.05, 0) is 62.3 Å². The van der Waals surface area contributed by atoms with E-state index in [2.05, 4.69) is 9.94 Å². The molecule has 0 fully saturated rings. The maximum Gasteiger partial charge on any atom is 0.433 e. The lowest BCUT2D eigenvalue weighted by molar-refractivity contribution is 0.0420. The second kappa shape index (κ2) is 8.11.